The van der Waals surface area contributed by atoms with Crippen molar-refractivity contribution in [1.29, 1.82) is 0 Å². The molecule has 0 aliphatic heterocycles. The molecule has 1 unspecified atom stereocenters. The van der Waals surface area contributed by atoms with E-state index >= 15 is 0 Å². The highest BCUT2D eigenvalue weighted by Crippen LogP contribution is 2.23. The Bertz CT molecular complexity index is 554. The van der Waals surface area contributed by atoms with Crippen molar-refractivity contribution in [2.24, 2.45) is 5.84 Å². The van der Waals surface area contributed by atoms with Crippen LogP contribution in [-0.2, 0) is 0 Å². The minimum atomic E-state index is -0.304. The number of pyridine rings is 1. The van der Waals surface area contributed by atoms with Crippen LogP contribution in [0.15, 0.2) is 36.5 Å². The summed E-state index contributed by atoms with van der Waals surface area (Å²) in [4.78, 5) is 4.39. The number of nitrogens with one attached hydrogen (secondary N) is 1. The maximum atomic E-state index is 13.3. The first-order chi connectivity index (χ1) is 8.61. The molecule has 2 aromatic rings. The van der Waals surface area contributed by atoms with Gasteiger partial charge in [-0.15, -0.1) is 0 Å². The summed E-state index contributed by atoms with van der Waals surface area (Å²) in [7, 11) is 0. The lowest BCUT2D eigenvalue weighted by molar-refractivity contribution is 0.595. The van der Waals surface area contributed by atoms with Crippen LogP contribution >= 0.6 is 0 Å². The van der Waals surface area contributed by atoms with Crippen LogP contribution in [-0.4, -0.2) is 4.98 Å². The maximum absolute atomic E-state index is 13.3. The van der Waals surface area contributed by atoms with Crippen molar-refractivity contribution >= 4 is 0 Å². The molecule has 0 amide bonds. The van der Waals surface area contributed by atoms with Crippen LogP contribution in [0.4, 0.5) is 4.39 Å². The average Bonchev–Trinajstić information content (AvgIpc) is 2.33. The van der Waals surface area contributed by atoms with Crippen molar-refractivity contribution < 1.29 is 4.39 Å². The molecule has 1 atom stereocenters. The maximum Gasteiger partial charge on any atom is 0.123 e. The first-order valence-corrected chi connectivity index (χ1v) is 5.76. The highest BCUT2D eigenvalue weighted by Gasteiger charge is 2.16. The Balaban J connectivity index is 2.45. The van der Waals surface area contributed by atoms with Gasteiger partial charge in [0.25, 0.3) is 0 Å². The monoisotopic (exact) mass is 245 g/mol. The quantitative estimate of drug-likeness (QED) is 0.645. The number of hydrogen-bond acceptors (Lipinski definition) is 3. The van der Waals surface area contributed by atoms with Crippen molar-refractivity contribution in [1.82, 2.24) is 10.4 Å². The van der Waals surface area contributed by atoms with Crippen molar-refractivity contribution in [2.45, 2.75) is 19.9 Å². The van der Waals surface area contributed by atoms with Gasteiger partial charge in [-0.2, -0.15) is 0 Å². The fraction of sp³-hybridized carbons (Fsp3) is 0.214. The lowest BCUT2D eigenvalue weighted by Gasteiger charge is -2.18. The molecule has 0 saturated carbocycles. The number of benzene rings is 1. The highest BCUT2D eigenvalue weighted by atomic mass is 19.1. The molecule has 0 bridgehead atoms. The van der Waals surface area contributed by atoms with E-state index in [9.17, 15) is 4.39 Å². The molecule has 1 aromatic heterocycles. The second kappa shape index (κ2) is 5.25. The molecule has 1 heterocycles. The van der Waals surface area contributed by atoms with E-state index in [0.29, 0.717) is 0 Å². The van der Waals surface area contributed by atoms with Crippen molar-refractivity contribution in [3.8, 4) is 0 Å². The molecule has 0 aliphatic carbocycles. The van der Waals surface area contributed by atoms with E-state index in [1.807, 2.05) is 26.0 Å². The molecule has 94 valence electrons. The first kappa shape index (κ1) is 12.7. The summed E-state index contributed by atoms with van der Waals surface area (Å²) in [5, 5.41) is 0. The molecule has 0 aliphatic rings. The summed E-state index contributed by atoms with van der Waals surface area (Å²) < 4.78 is 13.3. The van der Waals surface area contributed by atoms with Gasteiger partial charge >= 0.3 is 0 Å². The smallest absolute Gasteiger partial charge is 0.123 e. The molecule has 3 nitrogen and oxygen atoms in total. The number of nitrogens with two attached hydrogens (primary N) is 1. The van der Waals surface area contributed by atoms with E-state index in [0.717, 1.165) is 22.4 Å². The van der Waals surface area contributed by atoms with E-state index in [-0.39, 0.29) is 11.9 Å². The second-order valence-corrected chi connectivity index (χ2v) is 4.37. The van der Waals surface area contributed by atoms with Crippen LogP contribution in [0, 0.1) is 19.7 Å². The largest absolute Gasteiger partial charge is 0.271 e. The third kappa shape index (κ3) is 2.55. The van der Waals surface area contributed by atoms with Gasteiger partial charge in [0.15, 0.2) is 0 Å². The number of hydrogen-bond donors (Lipinski definition) is 2. The van der Waals surface area contributed by atoms with E-state index in [2.05, 4.69) is 10.4 Å². The summed E-state index contributed by atoms with van der Waals surface area (Å²) in [6.45, 7) is 3.95. The molecule has 1 aromatic carbocycles. The third-order valence-corrected chi connectivity index (χ3v) is 2.88. The number of nitrogens with zero attached hydrogens (tertiary/aromatic N) is 1. The zero-order valence-corrected chi connectivity index (χ0v) is 10.4. The standard InChI is InChI=1S/C14H16FN3/c1-9-6-10(2)13(17-8-9)14(18-16)11-4-3-5-12(15)7-11/h3-8,14,18H,16H2,1-2H3. The van der Waals surface area contributed by atoms with Gasteiger partial charge in [0, 0.05) is 6.20 Å². The molecule has 0 spiro atoms. The van der Waals surface area contributed by atoms with Crippen LogP contribution in [0.2, 0.25) is 0 Å². The third-order valence-electron chi connectivity index (χ3n) is 2.88. The van der Waals surface area contributed by atoms with Gasteiger partial charge in [-0.3, -0.25) is 10.8 Å². The van der Waals surface area contributed by atoms with Gasteiger partial charge in [-0.05, 0) is 42.7 Å². The molecule has 0 radical (unpaired) electrons. The number of rotatable bonds is 3. The van der Waals surface area contributed by atoms with Crippen molar-refractivity contribution in [3.05, 3.63) is 64.7 Å². The Hall–Kier alpha value is -1.78. The molecule has 18 heavy (non-hydrogen) atoms. The Morgan fingerprint density at radius 3 is 2.67 bits per heavy atom. The fourth-order valence-electron chi connectivity index (χ4n) is 2.05. The van der Waals surface area contributed by atoms with Gasteiger partial charge in [-0.1, -0.05) is 18.2 Å². The zero-order valence-electron chi connectivity index (χ0n) is 10.4. The molecular formula is C14H16FN3. The number of halogens is 1. The summed E-state index contributed by atoms with van der Waals surface area (Å²) in [5.74, 6) is 5.30. The first-order valence-electron chi connectivity index (χ1n) is 5.76. The topological polar surface area (TPSA) is 50.9 Å². The lowest BCUT2D eigenvalue weighted by Crippen LogP contribution is -2.30. The van der Waals surface area contributed by atoms with Crippen molar-refractivity contribution in [2.75, 3.05) is 0 Å². The Labute approximate surface area is 106 Å². The summed E-state index contributed by atoms with van der Waals surface area (Å²) in [6.07, 6.45) is 1.78. The predicted octanol–water partition coefficient (Wildman–Crippen LogP) is 2.39. The summed E-state index contributed by atoms with van der Waals surface area (Å²) in [6, 6.07) is 8.10. The Kier molecular flexibility index (Phi) is 3.69. The average molecular weight is 245 g/mol. The summed E-state index contributed by atoms with van der Waals surface area (Å²) >= 11 is 0. The Morgan fingerprint density at radius 1 is 1.28 bits per heavy atom. The van der Waals surface area contributed by atoms with Crippen LogP contribution in [0.25, 0.3) is 0 Å². The van der Waals surface area contributed by atoms with Crippen LogP contribution in [0.1, 0.15) is 28.4 Å². The van der Waals surface area contributed by atoms with Crippen LogP contribution in [0.5, 0.6) is 0 Å². The van der Waals surface area contributed by atoms with Gasteiger partial charge in [-0.25, -0.2) is 9.82 Å². The Morgan fingerprint density at radius 2 is 2.06 bits per heavy atom. The lowest BCUT2D eigenvalue weighted by atomic mass is 10.00. The van der Waals surface area contributed by atoms with Gasteiger partial charge in [0.2, 0.25) is 0 Å². The van der Waals surface area contributed by atoms with Gasteiger partial charge < -0.3 is 0 Å². The zero-order chi connectivity index (χ0) is 13.1. The second-order valence-electron chi connectivity index (χ2n) is 4.37. The molecule has 2 rings (SSSR count). The minimum absolute atomic E-state index is 0.280. The molecule has 0 fully saturated rings. The van der Waals surface area contributed by atoms with Gasteiger partial charge in [0.05, 0.1) is 11.7 Å². The van der Waals surface area contributed by atoms with Gasteiger partial charge in [0.1, 0.15) is 5.82 Å². The SMILES string of the molecule is Cc1cnc(C(NN)c2cccc(F)c2)c(C)c1. The van der Waals surface area contributed by atoms with E-state index < -0.39 is 0 Å². The summed E-state index contributed by atoms with van der Waals surface area (Å²) in [5.41, 5.74) is 6.39. The van der Waals surface area contributed by atoms with E-state index in [4.69, 9.17) is 5.84 Å². The molecular weight excluding hydrogens is 229 g/mol. The van der Waals surface area contributed by atoms with E-state index in [1.165, 1.54) is 12.1 Å². The predicted molar refractivity (Wildman–Crippen MR) is 69.3 cm³/mol. The molecule has 4 heteroatoms. The number of aromatic nitrogens is 1. The van der Waals surface area contributed by atoms with Crippen LogP contribution in [0.3, 0.4) is 0 Å². The van der Waals surface area contributed by atoms with Crippen LogP contribution < -0.4 is 11.3 Å². The number of aryl methyl sites for hydroxylation is 2. The normalized spacial score (nSPS) is 12.4. The minimum Gasteiger partial charge on any atom is -0.271 e. The van der Waals surface area contributed by atoms with E-state index in [1.54, 1.807) is 12.3 Å². The highest BCUT2D eigenvalue weighted by molar-refractivity contribution is 5.33. The number of hydrazine groups is 1. The molecule has 0 saturated heterocycles. The molecule has 3 N–H and O–H groups in total. The fourth-order valence-corrected chi connectivity index (χ4v) is 2.05. The van der Waals surface area contributed by atoms with Crippen molar-refractivity contribution in [3.63, 3.8) is 0 Å².